The molecule has 0 saturated heterocycles. The Kier molecular flexibility index (Phi) is 6.52. The van der Waals surface area contributed by atoms with Crippen LogP contribution >= 0.6 is 11.3 Å². The van der Waals surface area contributed by atoms with Crippen molar-refractivity contribution in [3.8, 4) is 5.75 Å². The molecular formula is C24H25N3O3S. The number of thiophene rings is 1. The van der Waals surface area contributed by atoms with Gasteiger partial charge in [0.05, 0.1) is 13.2 Å². The van der Waals surface area contributed by atoms with Gasteiger partial charge in [0.1, 0.15) is 5.75 Å². The largest absolute Gasteiger partial charge is 0.497 e. The number of benzene rings is 2. The Morgan fingerprint density at radius 1 is 1.06 bits per heavy atom. The fourth-order valence-electron chi connectivity index (χ4n) is 3.85. The minimum Gasteiger partial charge on any atom is -0.497 e. The van der Waals surface area contributed by atoms with Gasteiger partial charge in [0, 0.05) is 30.2 Å². The van der Waals surface area contributed by atoms with E-state index in [-0.39, 0.29) is 12.6 Å². The molecule has 0 saturated carbocycles. The van der Waals surface area contributed by atoms with Gasteiger partial charge in [0.2, 0.25) is 0 Å². The van der Waals surface area contributed by atoms with Gasteiger partial charge in [-0.25, -0.2) is 0 Å². The number of nitrogens with one attached hydrogen (secondary N) is 2. The van der Waals surface area contributed by atoms with Crippen molar-refractivity contribution in [2.24, 2.45) is 0 Å². The topological polar surface area (TPSA) is 70.7 Å². The van der Waals surface area contributed by atoms with Crippen molar-refractivity contribution in [2.75, 3.05) is 25.1 Å². The highest BCUT2D eigenvalue weighted by Crippen LogP contribution is 2.36. The number of methoxy groups -OCH3 is 1. The standard InChI is InChI=1S/C24H25N3O3S/c1-30-19-8-4-6-17(14-19)15-25-23(28)24(29)26-16-21(22-10-5-13-31-22)27-12-11-18-7-2-3-9-20(18)27/h2-10,13-14,21H,11-12,15-16H2,1H3,(H,25,28)(H,26,29)/t21-/m0/s1. The number of hydrogen-bond donors (Lipinski definition) is 2. The van der Waals surface area contributed by atoms with Crippen molar-refractivity contribution in [1.82, 2.24) is 10.6 Å². The molecule has 1 atom stereocenters. The molecule has 2 amide bonds. The van der Waals surface area contributed by atoms with Gasteiger partial charge < -0.3 is 20.3 Å². The molecule has 160 valence electrons. The van der Waals surface area contributed by atoms with E-state index < -0.39 is 11.8 Å². The van der Waals surface area contributed by atoms with Crippen LogP contribution in [0, 0.1) is 0 Å². The van der Waals surface area contributed by atoms with Crippen LogP contribution in [0.2, 0.25) is 0 Å². The second kappa shape index (κ2) is 9.66. The molecular weight excluding hydrogens is 410 g/mol. The summed E-state index contributed by atoms with van der Waals surface area (Å²) in [7, 11) is 1.59. The minimum atomic E-state index is -0.644. The second-order valence-electron chi connectivity index (χ2n) is 7.35. The molecule has 1 aliphatic rings. The van der Waals surface area contributed by atoms with E-state index in [4.69, 9.17) is 4.74 Å². The molecule has 0 aliphatic carbocycles. The lowest BCUT2D eigenvalue weighted by Gasteiger charge is -2.30. The van der Waals surface area contributed by atoms with Crippen LogP contribution < -0.4 is 20.3 Å². The van der Waals surface area contributed by atoms with E-state index >= 15 is 0 Å². The third-order valence-electron chi connectivity index (χ3n) is 5.42. The number of nitrogens with zero attached hydrogens (tertiary/aromatic N) is 1. The zero-order valence-electron chi connectivity index (χ0n) is 17.3. The average molecular weight is 436 g/mol. The molecule has 0 spiro atoms. The first kappa shape index (κ1) is 20.9. The van der Waals surface area contributed by atoms with E-state index in [0.717, 1.165) is 23.4 Å². The smallest absolute Gasteiger partial charge is 0.309 e. The maximum atomic E-state index is 12.5. The second-order valence-corrected chi connectivity index (χ2v) is 8.33. The SMILES string of the molecule is COc1cccc(CNC(=O)C(=O)NC[C@@H](c2cccs2)N2CCc3ccccc32)c1. The van der Waals surface area contributed by atoms with Crippen LogP contribution in [0.3, 0.4) is 0 Å². The lowest BCUT2D eigenvalue weighted by atomic mass is 10.1. The Bertz CT molecular complexity index is 1050. The van der Waals surface area contributed by atoms with Crippen molar-refractivity contribution in [2.45, 2.75) is 19.0 Å². The lowest BCUT2D eigenvalue weighted by Crippen LogP contribution is -2.43. The molecule has 0 unspecified atom stereocenters. The number of carbonyl (C=O) groups excluding carboxylic acids is 2. The molecule has 0 fully saturated rings. The van der Waals surface area contributed by atoms with Crippen molar-refractivity contribution in [1.29, 1.82) is 0 Å². The summed E-state index contributed by atoms with van der Waals surface area (Å²) in [6.45, 7) is 1.51. The van der Waals surface area contributed by atoms with Crippen LogP contribution in [0.5, 0.6) is 5.75 Å². The maximum Gasteiger partial charge on any atom is 0.309 e. The Hall–Kier alpha value is -3.32. The third-order valence-corrected chi connectivity index (χ3v) is 6.39. The molecule has 6 nitrogen and oxygen atoms in total. The first-order valence-corrected chi connectivity index (χ1v) is 11.1. The monoisotopic (exact) mass is 435 g/mol. The maximum absolute atomic E-state index is 12.5. The zero-order valence-corrected chi connectivity index (χ0v) is 18.2. The van der Waals surface area contributed by atoms with Crippen molar-refractivity contribution in [3.05, 3.63) is 82.0 Å². The summed E-state index contributed by atoms with van der Waals surface area (Å²) in [4.78, 5) is 28.3. The van der Waals surface area contributed by atoms with Crippen LogP contribution in [0.4, 0.5) is 5.69 Å². The molecule has 3 aromatic rings. The van der Waals surface area contributed by atoms with E-state index in [1.165, 1.54) is 11.3 Å². The predicted molar refractivity (Wildman–Crippen MR) is 122 cm³/mol. The fourth-order valence-corrected chi connectivity index (χ4v) is 4.69. The molecule has 1 aliphatic heterocycles. The van der Waals surface area contributed by atoms with Gasteiger partial charge in [-0.05, 0) is 47.2 Å². The number of fused-ring (bicyclic) bond motifs is 1. The molecule has 1 aromatic heterocycles. The highest BCUT2D eigenvalue weighted by Gasteiger charge is 2.28. The summed E-state index contributed by atoms with van der Waals surface area (Å²) in [5.74, 6) is -0.563. The highest BCUT2D eigenvalue weighted by molar-refractivity contribution is 7.10. The molecule has 4 rings (SSSR count). The number of hydrogen-bond acceptors (Lipinski definition) is 5. The van der Waals surface area contributed by atoms with Crippen molar-refractivity contribution >= 4 is 28.8 Å². The minimum absolute atomic E-state index is 0.0150. The summed E-state index contributed by atoms with van der Waals surface area (Å²) in [5.41, 5.74) is 3.37. The summed E-state index contributed by atoms with van der Waals surface area (Å²) in [5, 5.41) is 7.54. The summed E-state index contributed by atoms with van der Waals surface area (Å²) in [6.07, 6.45) is 0.979. The molecule has 0 bridgehead atoms. The van der Waals surface area contributed by atoms with Gasteiger partial charge in [-0.3, -0.25) is 9.59 Å². The number of rotatable bonds is 7. The van der Waals surface area contributed by atoms with Gasteiger partial charge in [-0.15, -0.1) is 11.3 Å². The van der Waals surface area contributed by atoms with Crippen LogP contribution in [0.25, 0.3) is 0 Å². The van der Waals surface area contributed by atoms with E-state index in [1.807, 2.05) is 41.8 Å². The van der Waals surface area contributed by atoms with Crippen LogP contribution in [-0.2, 0) is 22.6 Å². The molecule has 2 N–H and O–H groups in total. The average Bonchev–Trinajstić information content (AvgIpc) is 3.48. The predicted octanol–water partition coefficient (Wildman–Crippen LogP) is 3.29. The Labute approximate surface area is 185 Å². The van der Waals surface area contributed by atoms with Gasteiger partial charge >= 0.3 is 11.8 Å². The number of carbonyl (C=O) groups is 2. The highest BCUT2D eigenvalue weighted by atomic mass is 32.1. The Morgan fingerprint density at radius 2 is 1.90 bits per heavy atom. The Morgan fingerprint density at radius 3 is 2.71 bits per heavy atom. The third kappa shape index (κ3) is 4.88. The Balaban J connectivity index is 1.38. The van der Waals surface area contributed by atoms with Crippen LogP contribution in [-0.4, -0.2) is 32.0 Å². The summed E-state index contributed by atoms with van der Waals surface area (Å²) < 4.78 is 5.19. The number of para-hydroxylation sites is 1. The fraction of sp³-hybridized carbons (Fsp3) is 0.250. The molecule has 2 heterocycles. The summed E-state index contributed by atoms with van der Waals surface area (Å²) >= 11 is 1.66. The molecule has 2 aromatic carbocycles. The first-order valence-electron chi connectivity index (χ1n) is 10.2. The molecule has 7 heteroatoms. The quantitative estimate of drug-likeness (QED) is 0.559. The van der Waals surface area contributed by atoms with Crippen molar-refractivity contribution < 1.29 is 14.3 Å². The van der Waals surface area contributed by atoms with Gasteiger partial charge in [-0.2, -0.15) is 0 Å². The van der Waals surface area contributed by atoms with Crippen LogP contribution in [0.15, 0.2) is 66.0 Å². The summed E-state index contributed by atoms with van der Waals surface area (Å²) in [6, 6.07) is 19.8. The molecule has 31 heavy (non-hydrogen) atoms. The van der Waals surface area contributed by atoms with Crippen LogP contribution in [0.1, 0.15) is 22.0 Å². The zero-order chi connectivity index (χ0) is 21.6. The lowest BCUT2D eigenvalue weighted by molar-refractivity contribution is -0.139. The van der Waals surface area contributed by atoms with E-state index in [9.17, 15) is 9.59 Å². The van der Waals surface area contributed by atoms with Gasteiger partial charge in [0.15, 0.2) is 0 Å². The number of amides is 2. The van der Waals surface area contributed by atoms with Gasteiger partial charge in [-0.1, -0.05) is 36.4 Å². The van der Waals surface area contributed by atoms with E-state index in [0.29, 0.717) is 12.3 Å². The van der Waals surface area contributed by atoms with Gasteiger partial charge in [0.25, 0.3) is 0 Å². The van der Waals surface area contributed by atoms with Crippen molar-refractivity contribution in [3.63, 3.8) is 0 Å². The normalized spacial score (nSPS) is 13.4. The van der Waals surface area contributed by atoms with E-state index in [2.05, 4.69) is 39.8 Å². The van der Waals surface area contributed by atoms with E-state index in [1.54, 1.807) is 18.4 Å². The number of ether oxygens (including phenoxy) is 1. The molecule has 0 radical (unpaired) electrons. The first-order chi connectivity index (χ1) is 15.2. The number of anilines is 1.